The van der Waals surface area contributed by atoms with Crippen LogP contribution in [0.1, 0.15) is 33.1 Å². The van der Waals surface area contributed by atoms with Crippen LogP contribution in [0.15, 0.2) is 18.5 Å². The zero-order valence-electron chi connectivity index (χ0n) is 12.4. The molecule has 0 bridgehead atoms. The van der Waals surface area contributed by atoms with E-state index >= 15 is 0 Å². The molecule has 2 N–H and O–H groups in total. The standard InChI is InChI=1S/C13H26N4O2S/c1-3-7-14-8-4-5-11-20(18,19)16-13(2)12-17-10-6-9-15-17/h6,9-10,13-14,16H,3-5,7-8,11-12H2,1-2H3. The smallest absolute Gasteiger partial charge is 0.211 e. The summed E-state index contributed by atoms with van der Waals surface area (Å²) in [6.45, 7) is 6.38. The van der Waals surface area contributed by atoms with E-state index in [4.69, 9.17) is 0 Å². The summed E-state index contributed by atoms with van der Waals surface area (Å²) in [5, 5.41) is 7.33. The van der Waals surface area contributed by atoms with Gasteiger partial charge in [-0.2, -0.15) is 5.10 Å². The SMILES string of the molecule is CCCNCCCCS(=O)(=O)NC(C)Cn1cccn1. The first-order valence-electron chi connectivity index (χ1n) is 7.21. The zero-order valence-corrected chi connectivity index (χ0v) is 13.2. The van der Waals surface area contributed by atoms with Gasteiger partial charge in [0.05, 0.1) is 12.3 Å². The first-order valence-corrected chi connectivity index (χ1v) is 8.87. The fourth-order valence-electron chi connectivity index (χ4n) is 1.94. The average molecular weight is 302 g/mol. The second-order valence-electron chi connectivity index (χ2n) is 5.02. The van der Waals surface area contributed by atoms with E-state index in [1.54, 1.807) is 10.9 Å². The van der Waals surface area contributed by atoms with Crippen LogP contribution in [0.4, 0.5) is 0 Å². The summed E-state index contributed by atoms with van der Waals surface area (Å²) < 4.78 is 28.2. The molecule has 1 aromatic rings. The minimum Gasteiger partial charge on any atom is -0.317 e. The van der Waals surface area contributed by atoms with Crippen molar-refractivity contribution in [2.24, 2.45) is 0 Å². The van der Waals surface area contributed by atoms with Gasteiger partial charge in [-0.25, -0.2) is 13.1 Å². The molecule has 0 aliphatic heterocycles. The van der Waals surface area contributed by atoms with Gasteiger partial charge in [0.1, 0.15) is 0 Å². The highest BCUT2D eigenvalue weighted by atomic mass is 32.2. The zero-order chi connectivity index (χ0) is 14.8. The topological polar surface area (TPSA) is 76.0 Å². The van der Waals surface area contributed by atoms with Crippen LogP contribution < -0.4 is 10.0 Å². The number of sulfonamides is 1. The lowest BCUT2D eigenvalue weighted by molar-refractivity contribution is 0.492. The van der Waals surface area contributed by atoms with Crippen LogP contribution in [0.25, 0.3) is 0 Å². The molecule has 0 radical (unpaired) electrons. The average Bonchev–Trinajstić information content (AvgIpc) is 2.85. The molecule has 1 heterocycles. The number of aromatic nitrogens is 2. The summed E-state index contributed by atoms with van der Waals surface area (Å²) >= 11 is 0. The molecular weight excluding hydrogens is 276 g/mol. The van der Waals surface area contributed by atoms with Crippen molar-refractivity contribution in [1.29, 1.82) is 0 Å². The number of hydrogen-bond donors (Lipinski definition) is 2. The minimum absolute atomic E-state index is 0.155. The van der Waals surface area contributed by atoms with Crippen molar-refractivity contribution in [2.45, 2.75) is 45.7 Å². The summed E-state index contributed by atoms with van der Waals surface area (Å²) in [4.78, 5) is 0. The lowest BCUT2D eigenvalue weighted by Gasteiger charge is -2.14. The minimum atomic E-state index is -3.20. The number of nitrogens with zero attached hydrogens (tertiary/aromatic N) is 2. The third-order valence-corrected chi connectivity index (χ3v) is 4.43. The Balaban J connectivity index is 2.20. The van der Waals surface area contributed by atoms with Crippen LogP contribution in [-0.2, 0) is 16.6 Å². The van der Waals surface area contributed by atoms with E-state index in [-0.39, 0.29) is 11.8 Å². The van der Waals surface area contributed by atoms with E-state index in [9.17, 15) is 8.42 Å². The van der Waals surface area contributed by atoms with Crippen LogP contribution in [0.3, 0.4) is 0 Å². The maximum atomic E-state index is 11.9. The molecule has 116 valence electrons. The Kier molecular flexibility index (Phi) is 7.79. The van der Waals surface area contributed by atoms with Crippen molar-refractivity contribution in [3.8, 4) is 0 Å². The molecule has 0 spiro atoms. The van der Waals surface area contributed by atoms with Gasteiger partial charge in [0.25, 0.3) is 0 Å². The van der Waals surface area contributed by atoms with E-state index < -0.39 is 10.0 Å². The highest BCUT2D eigenvalue weighted by Crippen LogP contribution is 1.98. The number of rotatable bonds is 11. The third-order valence-electron chi connectivity index (χ3n) is 2.84. The van der Waals surface area contributed by atoms with E-state index in [2.05, 4.69) is 22.1 Å². The van der Waals surface area contributed by atoms with E-state index in [0.717, 1.165) is 25.9 Å². The first kappa shape index (κ1) is 17.1. The predicted octanol–water partition coefficient (Wildman–Crippen LogP) is 0.971. The van der Waals surface area contributed by atoms with Gasteiger partial charge in [-0.1, -0.05) is 6.92 Å². The Hall–Kier alpha value is -0.920. The fraction of sp³-hybridized carbons (Fsp3) is 0.769. The molecule has 1 aromatic heterocycles. The molecule has 0 fully saturated rings. The van der Waals surface area contributed by atoms with Gasteiger partial charge in [0, 0.05) is 18.4 Å². The molecule has 0 aliphatic rings. The largest absolute Gasteiger partial charge is 0.317 e. The van der Waals surface area contributed by atoms with Gasteiger partial charge in [-0.15, -0.1) is 0 Å². The maximum Gasteiger partial charge on any atom is 0.211 e. The van der Waals surface area contributed by atoms with E-state index in [1.165, 1.54) is 0 Å². The third kappa shape index (κ3) is 7.62. The highest BCUT2D eigenvalue weighted by molar-refractivity contribution is 7.89. The van der Waals surface area contributed by atoms with Crippen LogP contribution >= 0.6 is 0 Å². The molecule has 0 saturated carbocycles. The molecule has 1 atom stereocenters. The van der Waals surface area contributed by atoms with Gasteiger partial charge in [-0.3, -0.25) is 4.68 Å². The van der Waals surface area contributed by atoms with Crippen LogP contribution in [0.5, 0.6) is 0 Å². The molecule has 1 unspecified atom stereocenters. The van der Waals surface area contributed by atoms with Gasteiger partial charge in [-0.05, 0) is 45.3 Å². The fourth-order valence-corrected chi connectivity index (χ4v) is 3.33. The second kappa shape index (κ2) is 9.10. The van der Waals surface area contributed by atoms with Crippen LogP contribution in [0.2, 0.25) is 0 Å². The van der Waals surface area contributed by atoms with Gasteiger partial charge in [0.2, 0.25) is 10.0 Å². The van der Waals surface area contributed by atoms with Crippen molar-refractivity contribution >= 4 is 10.0 Å². The quantitative estimate of drug-likeness (QED) is 0.597. The molecule has 7 heteroatoms. The van der Waals surface area contributed by atoms with Crippen molar-refractivity contribution in [2.75, 3.05) is 18.8 Å². The molecule has 0 saturated heterocycles. The number of hydrogen-bond acceptors (Lipinski definition) is 4. The molecule has 6 nitrogen and oxygen atoms in total. The van der Waals surface area contributed by atoms with Gasteiger partial charge < -0.3 is 5.32 Å². The molecule has 0 amide bonds. The lowest BCUT2D eigenvalue weighted by Crippen LogP contribution is -2.37. The van der Waals surface area contributed by atoms with Crippen molar-refractivity contribution in [1.82, 2.24) is 19.8 Å². The molecule has 1 rings (SSSR count). The molecular formula is C13H26N4O2S. The van der Waals surface area contributed by atoms with Crippen molar-refractivity contribution < 1.29 is 8.42 Å². The number of nitrogens with one attached hydrogen (secondary N) is 2. The number of unbranched alkanes of at least 4 members (excludes halogenated alkanes) is 1. The monoisotopic (exact) mass is 302 g/mol. The molecule has 0 aliphatic carbocycles. The second-order valence-corrected chi connectivity index (χ2v) is 6.90. The Morgan fingerprint density at radius 3 is 2.75 bits per heavy atom. The summed E-state index contributed by atoms with van der Waals surface area (Å²) in [5.74, 6) is 0.185. The van der Waals surface area contributed by atoms with Gasteiger partial charge in [0.15, 0.2) is 0 Å². The Labute approximate surface area is 122 Å². The van der Waals surface area contributed by atoms with E-state index in [0.29, 0.717) is 13.0 Å². The lowest BCUT2D eigenvalue weighted by atomic mass is 10.3. The first-order chi connectivity index (χ1) is 9.53. The van der Waals surface area contributed by atoms with Crippen LogP contribution in [-0.4, -0.2) is 43.1 Å². The summed E-state index contributed by atoms with van der Waals surface area (Å²) in [6.07, 6.45) is 6.18. The molecule has 0 aromatic carbocycles. The maximum absolute atomic E-state index is 11.9. The highest BCUT2D eigenvalue weighted by Gasteiger charge is 2.14. The normalized spacial score (nSPS) is 13.5. The van der Waals surface area contributed by atoms with Gasteiger partial charge >= 0.3 is 0 Å². The van der Waals surface area contributed by atoms with Crippen molar-refractivity contribution in [3.63, 3.8) is 0 Å². The summed E-state index contributed by atoms with van der Waals surface area (Å²) in [7, 11) is -3.20. The predicted molar refractivity (Wildman–Crippen MR) is 81.0 cm³/mol. The Morgan fingerprint density at radius 1 is 1.30 bits per heavy atom. The van der Waals surface area contributed by atoms with Crippen molar-refractivity contribution in [3.05, 3.63) is 18.5 Å². The molecule has 20 heavy (non-hydrogen) atoms. The Bertz CT molecular complexity index is 445. The van der Waals surface area contributed by atoms with Crippen LogP contribution in [0, 0.1) is 0 Å². The Morgan fingerprint density at radius 2 is 2.10 bits per heavy atom. The summed E-state index contributed by atoms with van der Waals surface area (Å²) in [6, 6.07) is 1.67. The summed E-state index contributed by atoms with van der Waals surface area (Å²) in [5.41, 5.74) is 0. The van der Waals surface area contributed by atoms with E-state index in [1.807, 2.05) is 19.2 Å².